The Morgan fingerprint density at radius 3 is 2.84 bits per heavy atom. The van der Waals surface area contributed by atoms with Crippen LogP contribution in [0.4, 0.5) is 0 Å². The second kappa shape index (κ2) is 3.73. The van der Waals surface area contributed by atoms with Crippen LogP contribution in [0.15, 0.2) is 27.4 Å². The van der Waals surface area contributed by atoms with Crippen LogP contribution in [-0.2, 0) is 7.05 Å². The molecule has 2 aliphatic rings. The van der Waals surface area contributed by atoms with Crippen molar-refractivity contribution in [3.8, 4) is 0 Å². The van der Waals surface area contributed by atoms with Crippen molar-refractivity contribution in [1.82, 2.24) is 4.57 Å². The van der Waals surface area contributed by atoms with Crippen LogP contribution in [0.1, 0.15) is 30.9 Å². The van der Waals surface area contributed by atoms with E-state index in [1.54, 1.807) is 7.05 Å². The van der Waals surface area contributed by atoms with E-state index >= 15 is 0 Å². The van der Waals surface area contributed by atoms with Crippen molar-refractivity contribution in [2.75, 3.05) is 0 Å². The third-order valence-electron chi connectivity index (χ3n) is 5.09. The summed E-state index contributed by atoms with van der Waals surface area (Å²) in [4.78, 5) is 11.5. The zero-order chi connectivity index (χ0) is 13.1. The lowest BCUT2D eigenvalue weighted by atomic mass is 9.97. The van der Waals surface area contributed by atoms with Gasteiger partial charge >= 0.3 is 5.76 Å². The van der Waals surface area contributed by atoms with Gasteiger partial charge in [0.1, 0.15) is 0 Å². The van der Waals surface area contributed by atoms with E-state index < -0.39 is 0 Å². The first-order chi connectivity index (χ1) is 9.16. The highest BCUT2D eigenvalue weighted by atomic mass is 16.4. The Labute approximate surface area is 111 Å². The van der Waals surface area contributed by atoms with Gasteiger partial charge in [0, 0.05) is 13.1 Å². The van der Waals surface area contributed by atoms with Gasteiger partial charge in [-0.25, -0.2) is 4.79 Å². The second-order valence-corrected chi connectivity index (χ2v) is 6.02. The maximum Gasteiger partial charge on any atom is 0.419 e. The number of rotatable bonds is 2. The number of aryl methyl sites for hydroxylation is 1. The first kappa shape index (κ1) is 11.3. The first-order valence-corrected chi connectivity index (χ1v) is 7.02. The smallest absolute Gasteiger partial charge is 0.408 e. The van der Waals surface area contributed by atoms with E-state index in [9.17, 15) is 4.79 Å². The molecule has 1 heterocycles. The van der Waals surface area contributed by atoms with Crippen LogP contribution >= 0.6 is 0 Å². The molecule has 0 aliphatic heterocycles. The Kier molecular flexibility index (Phi) is 2.22. The number of nitrogens with two attached hydrogens (primary N) is 1. The fourth-order valence-electron chi connectivity index (χ4n) is 3.99. The van der Waals surface area contributed by atoms with Crippen molar-refractivity contribution in [2.24, 2.45) is 30.5 Å². The Morgan fingerprint density at radius 2 is 2.11 bits per heavy atom. The Balaban J connectivity index is 1.70. The van der Waals surface area contributed by atoms with Crippen molar-refractivity contribution in [3.63, 3.8) is 0 Å². The number of fused-ring (bicyclic) bond motifs is 2. The number of hydrogen-bond acceptors (Lipinski definition) is 3. The number of aromatic nitrogens is 1. The van der Waals surface area contributed by atoms with Gasteiger partial charge in [0.15, 0.2) is 5.58 Å². The van der Waals surface area contributed by atoms with Crippen molar-refractivity contribution < 1.29 is 4.42 Å². The highest BCUT2D eigenvalue weighted by Gasteiger charge is 2.55. The molecule has 0 spiro atoms. The SMILES string of the molecule is Cn1c(=O)oc2cc(C(N)C3C4CCCC43)ccc21. The Morgan fingerprint density at radius 1 is 1.37 bits per heavy atom. The van der Waals surface area contributed by atoms with Gasteiger partial charge in [-0.3, -0.25) is 4.57 Å². The van der Waals surface area contributed by atoms with Gasteiger partial charge in [-0.2, -0.15) is 0 Å². The van der Waals surface area contributed by atoms with Crippen molar-refractivity contribution in [1.29, 1.82) is 0 Å². The molecule has 4 nitrogen and oxygen atoms in total. The molecule has 3 atom stereocenters. The molecule has 1 aromatic heterocycles. The van der Waals surface area contributed by atoms with Gasteiger partial charge in [-0.1, -0.05) is 12.5 Å². The van der Waals surface area contributed by atoms with Crippen LogP contribution in [0.5, 0.6) is 0 Å². The number of nitrogens with zero attached hydrogens (tertiary/aromatic N) is 1. The molecular weight excluding hydrogens is 240 g/mol. The molecule has 2 aromatic rings. The lowest BCUT2D eigenvalue weighted by molar-refractivity contribution is 0.500. The maximum absolute atomic E-state index is 11.5. The molecule has 4 heteroatoms. The number of hydrogen-bond donors (Lipinski definition) is 1. The van der Waals surface area contributed by atoms with Crippen molar-refractivity contribution in [2.45, 2.75) is 25.3 Å². The van der Waals surface area contributed by atoms with Crippen molar-refractivity contribution >= 4 is 11.1 Å². The molecule has 2 saturated carbocycles. The van der Waals surface area contributed by atoms with Crippen LogP contribution in [-0.4, -0.2) is 4.57 Å². The van der Waals surface area contributed by atoms with Gasteiger partial charge in [0.2, 0.25) is 0 Å². The molecule has 19 heavy (non-hydrogen) atoms. The summed E-state index contributed by atoms with van der Waals surface area (Å²) in [5, 5.41) is 0. The molecule has 3 unspecified atom stereocenters. The molecular formula is C15H18N2O2. The van der Waals surface area contributed by atoms with E-state index in [2.05, 4.69) is 0 Å². The van der Waals surface area contributed by atoms with Crippen LogP contribution in [0, 0.1) is 17.8 Å². The maximum atomic E-state index is 11.5. The van der Waals surface area contributed by atoms with Gasteiger partial charge in [0.25, 0.3) is 0 Å². The fraction of sp³-hybridized carbons (Fsp3) is 0.533. The lowest BCUT2D eigenvalue weighted by Gasteiger charge is -2.13. The van der Waals surface area contributed by atoms with Crippen LogP contribution < -0.4 is 11.5 Å². The minimum Gasteiger partial charge on any atom is -0.408 e. The third-order valence-corrected chi connectivity index (χ3v) is 5.09. The molecule has 0 amide bonds. The van der Waals surface area contributed by atoms with Crippen LogP contribution in [0.25, 0.3) is 11.1 Å². The molecule has 0 bridgehead atoms. The van der Waals surface area contributed by atoms with Crippen LogP contribution in [0.2, 0.25) is 0 Å². The standard InChI is InChI=1S/C15H18N2O2/c1-17-11-6-5-8(7-12(11)19-15(17)18)14(16)13-9-3-2-4-10(9)13/h5-7,9-10,13-14H,2-4,16H2,1H3. The highest BCUT2D eigenvalue weighted by Crippen LogP contribution is 2.61. The molecule has 100 valence electrons. The van der Waals surface area contributed by atoms with E-state index in [-0.39, 0.29) is 11.8 Å². The summed E-state index contributed by atoms with van der Waals surface area (Å²) in [7, 11) is 1.72. The van der Waals surface area contributed by atoms with Gasteiger partial charge in [-0.15, -0.1) is 0 Å². The summed E-state index contributed by atoms with van der Waals surface area (Å²) >= 11 is 0. The van der Waals surface area contributed by atoms with E-state index in [4.69, 9.17) is 10.2 Å². The first-order valence-electron chi connectivity index (χ1n) is 7.02. The summed E-state index contributed by atoms with van der Waals surface area (Å²) in [5.41, 5.74) is 8.97. The summed E-state index contributed by atoms with van der Waals surface area (Å²) < 4.78 is 6.76. The molecule has 0 saturated heterocycles. The molecule has 2 fully saturated rings. The van der Waals surface area contributed by atoms with Crippen molar-refractivity contribution in [3.05, 3.63) is 34.3 Å². The highest BCUT2D eigenvalue weighted by molar-refractivity contribution is 5.73. The van der Waals surface area contributed by atoms with E-state index in [1.807, 2.05) is 18.2 Å². The van der Waals surface area contributed by atoms with Gasteiger partial charge < -0.3 is 10.2 Å². The molecule has 2 N–H and O–H groups in total. The average molecular weight is 258 g/mol. The third kappa shape index (κ3) is 1.53. The average Bonchev–Trinajstić information content (AvgIpc) is 2.76. The monoisotopic (exact) mass is 258 g/mol. The van der Waals surface area contributed by atoms with Gasteiger partial charge in [-0.05, 0) is 48.3 Å². The topological polar surface area (TPSA) is 61.2 Å². The predicted octanol–water partition coefficient (Wildman–Crippen LogP) is 2.18. The zero-order valence-electron chi connectivity index (χ0n) is 11.0. The van der Waals surface area contributed by atoms with E-state index in [0.717, 1.165) is 22.9 Å². The predicted molar refractivity (Wildman–Crippen MR) is 72.7 cm³/mol. The summed E-state index contributed by atoms with van der Waals surface area (Å²) in [6.45, 7) is 0. The summed E-state index contributed by atoms with van der Waals surface area (Å²) in [6.07, 6.45) is 4.04. The summed E-state index contributed by atoms with van der Waals surface area (Å²) in [5.74, 6) is 2.01. The lowest BCUT2D eigenvalue weighted by Crippen LogP contribution is -2.15. The second-order valence-electron chi connectivity index (χ2n) is 6.02. The molecule has 0 radical (unpaired) electrons. The molecule has 1 aromatic carbocycles. The Hall–Kier alpha value is -1.55. The normalized spacial score (nSPS) is 30.5. The quantitative estimate of drug-likeness (QED) is 0.898. The minimum atomic E-state index is -0.316. The molecule has 4 rings (SSSR count). The van der Waals surface area contributed by atoms with E-state index in [0.29, 0.717) is 11.5 Å². The Bertz CT molecular complexity index is 690. The largest absolute Gasteiger partial charge is 0.419 e. The van der Waals surface area contributed by atoms with Crippen LogP contribution in [0.3, 0.4) is 0 Å². The summed E-state index contributed by atoms with van der Waals surface area (Å²) in [6, 6.07) is 6.00. The van der Waals surface area contributed by atoms with Gasteiger partial charge in [0.05, 0.1) is 5.52 Å². The number of oxazole rings is 1. The van der Waals surface area contributed by atoms with E-state index in [1.165, 1.54) is 23.8 Å². The minimum absolute atomic E-state index is 0.0882. The number of benzene rings is 1. The zero-order valence-corrected chi connectivity index (χ0v) is 11.0. The fourth-order valence-corrected chi connectivity index (χ4v) is 3.99. The molecule has 2 aliphatic carbocycles.